The lowest BCUT2D eigenvalue weighted by Crippen LogP contribution is -2.36. The molecule has 15 heavy (non-hydrogen) atoms. The molecule has 0 bridgehead atoms. The van der Waals surface area contributed by atoms with E-state index in [0.29, 0.717) is 0 Å². The Bertz CT molecular complexity index is 199. The highest BCUT2D eigenvalue weighted by Crippen LogP contribution is 2.43. The standard InChI is InChI=1S/C14H25N/c1-2-5-11(4-1)14(12-6-3-7-12)10-15-13-8-9-13/h11-15H,1-10H2. The van der Waals surface area contributed by atoms with Crippen LogP contribution in [0.15, 0.2) is 0 Å². The Balaban J connectivity index is 1.53. The van der Waals surface area contributed by atoms with Crippen LogP contribution >= 0.6 is 0 Å². The Morgan fingerprint density at radius 3 is 1.87 bits per heavy atom. The summed E-state index contributed by atoms with van der Waals surface area (Å²) in [5.41, 5.74) is 0. The van der Waals surface area contributed by atoms with Crippen molar-refractivity contribution in [2.75, 3.05) is 6.54 Å². The minimum Gasteiger partial charge on any atom is -0.314 e. The van der Waals surface area contributed by atoms with E-state index in [1.807, 2.05) is 0 Å². The van der Waals surface area contributed by atoms with E-state index in [0.717, 1.165) is 23.8 Å². The molecule has 86 valence electrons. The first-order valence-corrected chi connectivity index (χ1v) is 7.17. The maximum atomic E-state index is 3.78. The quantitative estimate of drug-likeness (QED) is 0.729. The minimum atomic E-state index is 0.911. The molecule has 1 atom stereocenters. The van der Waals surface area contributed by atoms with Crippen LogP contribution in [0.25, 0.3) is 0 Å². The molecule has 1 nitrogen and oxygen atoms in total. The van der Waals surface area contributed by atoms with Crippen LogP contribution in [-0.4, -0.2) is 12.6 Å². The predicted octanol–water partition coefficient (Wildman–Crippen LogP) is 3.34. The molecule has 3 aliphatic rings. The van der Waals surface area contributed by atoms with E-state index in [9.17, 15) is 0 Å². The van der Waals surface area contributed by atoms with Gasteiger partial charge in [0.15, 0.2) is 0 Å². The largest absolute Gasteiger partial charge is 0.314 e. The van der Waals surface area contributed by atoms with Gasteiger partial charge >= 0.3 is 0 Å². The Labute approximate surface area is 94.0 Å². The molecule has 3 saturated carbocycles. The van der Waals surface area contributed by atoms with E-state index < -0.39 is 0 Å². The van der Waals surface area contributed by atoms with Crippen LogP contribution in [0.5, 0.6) is 0 Å². The van der Waals surface area contributed by atoms with E-state index in [1.54, 1.807) is 0 Å². The van der Waals surface area contributed by atoms with Gasteiger partial charge in [-0.25, -0.2) is 0 Å². The number of hydrogen-bond acceptors (Lipinski definition) is 1. The molecule has 0 aromatic heterocycles. The van der Waals surface area contributed by atoms with Gasteiger partial charge in [-0.2, -0.15) is 0 Å². The molecule has 1 N–H and O–H groups in total. The van der Waals surface area contributed by atoms with Crippen molar-refractivity contribution in [2.45, 2.75) is 63.8 Å². The molecule has 0 aromatic carbocycles. The highest BCUT2D eigenvalue weighted by atomic mass is 14.9. The summed E-state index contributed by atoms with van der Waals surface area (Å²) in [4.78, 5) is 0. The lowest BCUT2D eigenvalue weighted by molar-refractivity contribution is 0.142. The molecule has 0 amide bonds. The first-order chi connectivity index (χ1) is 7.43. The second-order valence-electron chi connectivity index (χ2n) is 6.08. The van der Waals surface area contributed by atoms with Crippen molar-refractivity contribution in [1.29, 1.82) is 0 Å². The van der Waals surface area contributed by atoms with E-state index >= 15 is 0 Å². The summed E-state index contributed by atoms with van der Waals surface area (Å²) in [6.07, 6.45) is 13.6. The second kappa shape index (κ2) is 4.45. The second-order valence-corrected chi connectivity index (χ2v) is 6.08. The summed E-state index contributed by atoms with van der Waals surface area (Å²) >= 11 is 0. The van der Waals surface area contributed by atoms with Crippen molar-refractivity contribution < 1.29 is 0 Å². The Morgan fingerprint density at radius 2 is 1.40 bits per heavy atom. The molecule has 1 heteroatoms. The van der Waals surface area contributed by atoms with Gasteiger partial charge < -0.3 is 5.32 Å². The van der Waals surface area contributed by atoms with Gasteiger partial charge in [-0.3, -0.25) is 0 Å². The summed E-state index contributed by atoms with van der Waals surface area (Å²) < 4.78 is 0. The molecule has 0 saturated heterocycles. The van der Waals surface area contributed by atoms with E-state index in [1.165, 1.54) is 64.3 Å². The number of rotatable bonds is 5. The topological polar surface area (TPSA) is 12.0 Å². The Kier molecular flexibility index (Phi) is 3.01. The Morgan fingerprint density at radius 1 is 0.800 bits per heavy atom. The number of nitrogens with one attached hydrogen (secondary N) is 1. The molecular formula is C14H25N. The summed E-state index contributed by atoms with van der Waals surface area (Å²) in [6, 6.07) is 0.911. The zero-order valence-corrected chi connectivity index (χ0v) is 9.88. The van der Waals surface area contributed by atoms with E-state index in [2.05, 4.69) is 5.32 Å². The van der Waals surface area contributed by atoms with Gasteiger partial charge in [0.2, 0.25) is 0 Å². The molecule has 3 fully saturated rings. The van der Waals surface area contributed by atoms with Crippen molar-refractivity contribution >= 4 is 0 Å². The number of hydrogen-bond donors (Lipinski definition) is 1. The zero-order valence-electron chi connectivity index (χ0n) is 9.88. The average Bonchev–Trinajstić information content (AvgIpc) is 2.82. The van der Waals surface area contributed by atoms with E-state index in [4.69, 9.17) is 0 Å². The molecule has 1 unspecified atom stereocenters. The van der Waals surface area contributed by atoms with Crippen LogP contribution in [0.4, 0.5) is 0 Å². The molecule has 0 aliphatic heterocycles. The highest BCUT2D eigenvalue weighted by molar-refractivity contribution is 4.89. The highest BCUT2D eigenvalue weighted by Gasteiger charge is 2.35. The third-order valence-corrected chi connectivity index (χ3v) is 4.98. The molecule has 3 rings (SSSR count). The van der Waals surface area contributed by atoms with Crippen molar-refractivity contribution in [2.24, 2.45) is 17.8 Å². The van der Waals surface area contributed by atoms with Crippen LogP contribution in [0.1, 0.15) is 57.8 Å². The maximum Gasteiger partial charge on any atom is 0.00683 e. The van der Waals surface area contributed by atoms with Crippen LogP contribution in [-0.2, 0) is 0 Å². The minimum absolute atomic E-state index is 0.911. The summed E-state index contributed by atoms with van der Waals surface area (Å²) in [6.45, 7) is 1.35. The first kappa shape index (κ1) is 10.1. The Hall–Kier alpha value is -0.0400. The molecule has 0 aromatic rings. The first-order valence-electron chi connectivity index (χ1n) is 7.17. The molecule has 0 radical (unpaired) electrons. The fourth-order valence-corrected chi connectivity index (χ4v) is 3.56. The van der Waals surface area contributed by atoms with Gasteiger partial charge in [0.1, 0.15) is 0 Å². The van der Waals surface area contributed by atoms with Crippen molar-refractivity contribution in [3.8, 4) is 0 Å². The molecule has 0 spiro atoms. The van der Waals surface area contributed by atoms with E-state index in [-0.39, 0.29) is 0 Å². The van der Waals surface area contributed by atoms with Gasteiger partial charge in [0.05, 0.1) is 0 Å². The normalized spacial score (nSPS) is 30.4. The summed E-state index contributed by atoms with van der Waals surface area (Å²) in [5, 5.41) is 3.78. The van der Waals surface area contributed by atoms with Crippen molar-refractivity contribution in [3.05, 3.63) is 0 Å². The van der Waals surface area contributed by atoms with Gasteiger partial charge in [-0.1, -0.05) is 44.9 Å². The molecule has 0 heterocycles. The summed E-state index contributed by atoms with van der Waals surface area (Å²) in [5.74, 6) is 3.22. The fourth-order valence-electron chi connectivity index (χ4n) is 3.56. The molecule has 3 aliphatic carbocycles. The van der Waals surface area contributed by atoms with Crippen LogP contribution < -0.4 is 5.32 Å². The van der Waals surface area contributed by atoms with Gasteiger partial charge in [0.25, 0.3) is 0 Å². The fraction of sp³-hybridized carbons (Fsp3) is 1.00. The van der Waals surface area contributed by atoms with Crippen LogP contribution in [0.3, 0.4) is 0 Å². The van der Waals surface area contributed by atoms with Crippen LogP contribution in [0, 0.1) is 17.8 Å². The molecular weight excluding hydrogens is 182 g/mol. The average molecular weight is 207 g/mol. The SMILES string of the molecule is C1CCC(C(CNC2CC2)C2CCC2)C1. The third-order valence-electron chi connectivity index (χ3n) is 4.98. The van der Waals surface area contributed by atoms with Gasteiger partial charge in [-0.15, -0.1) is 0 Å². The smallest absolute Gasteiger partial charge is 0.00683 e. The summed E-state index contributed by atoms with van der Waals surface area (Å²) in [7, 11) is 0. The van der Waals surface area contributed by atoms with Gasteiger partial charge in [0, 0.05) is 6.04 Å². The maximum absolute atomic E-state index is 3.78. The lowest BCUT2D eigenvalue weighted by atomic mass is 9.70. The van der Waals surface area contributed by atoms with Crippen molar-refractivity contribution in [3.63, 3.8) is 0 Å². The van der Waals surface area contributed by atoms with Crippen molar-refractivity contribution in [1.82, 2.24) is 5.32 Å². The van der Waals surface area contributed by atoms with Crippen LogP contribution in [0.2, 0.25) is 0 Å². The third kappa shape index (κ3) is 2.38. The lowest BCUT2D eigenvalue weighted by Gasteiger charge is -2.37. The van der Waals surface area contributed by atoms with Gasteiger partial charge in [-0.05, 0) is 37.1 Å². The monoisotopic (exact) mass is 207 g/mol. The zero-order chi connectivity index (χ0) is 10.1. The predicted molar refractivity (Wildman–Crippen MR) is 63.8 cm³/mol.